The van der Waals surface area contributed by atoms with Gasteiger partial charge >= 0.3 is 5.97 Å². The quantitative estimate of drug-likeness (QED) is 0.789. The number of carbonyl (C=O) groups excluding carboxylic acids is 1. The van der Waals surface area contributed by atoms with Gasteiger partial charge < -0.3 is 9.84 Å². The number of hydrogen-bond donors (Lipinski definition) is 1. The smallest absolute Gasteiger partial charge is 0.338 e. The summed E-state index contributed by atoms with van der Waals surface area (Å²) in [6, 6.07) is 14.3. The Morgan fingerprint density at radius 1 is 1.05 bits per heavy atom. The number of carbonyl (C=O) groups is 1. The minimum Gasteiger partial charge on any atom is -0.508 e. The molecule has 0 fully saturated rings. The fourth-order valence-electron chi connectivity index (χ4n) is 2.09. The van der Waals surface area contributed by atoms with Gasteiger partial charge in [0.05, 0.1) is 12.2 Å². The molecular weight excluding hydrogens is 276 g/mol. The van der Waals surface area contributed by atoms with E-state index in [0.717, 1.165) is 24.0 Å². The van der Waals surface area contributed by atoms with E-state index in [-0.39, 0.29) is 11.7 Å². The second kappa shape index (κ2) is 7.64. The predicted octanol–water partition coefficient (Wildman–Crippen LogP) is 4.65. The largest absolute Gasteiger partial charge is 0.508 e. The van der Waals surface area contributed by atoms with Crippen LogP contribution in [0.15, 0.2) is 48.5 Å². The lowest BCUT2D eigenvalue weighted by Crippen LogP contribution is -2.08. The highest BCUT2D eigenvalue weighted by Crippen LogP contribution is 2.22. The van der Waals surface area contributed by atoms with Crippen molar-refractivity contribution in [2.24, 2.45) is 5.92 Å². The number of rotatable bonds is 6. The zero-order valence-corrected chi connectivity index (χ0v) is 13.1. The third-order valence-electron chi connectivity index (χ3n) is 3.86. The molecule has 0 spiro atoms. The van der Waals surface area contributed by atoms with Gasteiger partial charge in [-0.05, 0) is 47.7 Å². The van der Waals surface area contributed by atoms with Crippen LogP contribution < -0.4 is 0 Å². The molecular formula is C19H22O3. The average Bonchev–Trinajstić information content (AvgIpc) is 2.55. The molecule has 0 saturated heterocycles. The molecule has 1 N–H and O–H groups in total. The summed E-state index contributed by atoms with van der Waals surface area (Å²) >= 11 is 0. The standard InChI is InChI=1S/C19H22O3/c1-3-14(2)12-13-22-19(21)17-6-4-15(5-7-17)16-8-10-18(20)11-9-16/h4-11,14,20H,3,12-13H2,1-2H3. The van der Waals surface area contributed by atoms with E-state index in [4.69, 9.17) is 4.74 Å². The molecule has 2 aromatic carbocycles. The first kappa shape index (κ1) is 16.1. The monoisotopic (exact) mass is 298 g/mol. The molecule has 0 amide bonds. The molecule has 22 heavy (non-hydrogen) atoms. The summed E-state index contributed by atoms with van der Waals surface area (Å²) in [5, 5.41) is 9.30. The van der Waals surface area contributed by atoms with E-state index in [1.165, 1.54) is 0 Å². The molecule has 2 rings (SSSR count). The number of hydrogen-bond acceptors (Lipinski definition) is 3. The second-order valence-corrected chi connectivity index (χ2v) is 5.56. The van der Waals surface area contributed by atoms with E-state index >= 15 is 0 Å². The van der Waals surface area contributed by atoms with Crippen molar-refractivity contribution in [2.45, 2.75) is 26.7 Å². The van der Waals surface area contributed by atoms with Gasteiger partial charge in [0.2, 0.25) is 0 Å². The van der Waals surface area contributed by atoms with Gasteiger partial charge in [0.25, 0.3) is 0 Å². The van der Waals surface area contributed by atoms with Gasteiger partial charge in [0.1, 0.15) is 5.75 Å². The van der Waals surface area contributed by atoms with Crippen LogP contribution >= 0.6 is 0 Å². The minimum absolute atomic E-state index is 0.241. The number of ether oxygens (including phenoxy) is 1. The normalized spacial score (nSPS) is 11.9. The lowest BCUT2D eigenvalue weighted by molar-refractivity contribution is 0.0485. The summed E-state index contributed by atoms with van der Waals surface area (Å²) in [6.07, 6.45) is 1.99. The van der Waals surface area contributed by atoms with Crippen LogP contribution in [0.5, 0.6) is 5.75 Å². The number of aromatic hydroxyl groups is 1. The predicted molar refractivity (Wildman–Crippen MR) is 87.9 cm³/mol. The van der Waals surface area contributed by atoms with Crippen molar-refractivity contribution in [1.82, 2.24) is 0 Å². The highest BCUT2D eigenvalue weighted by atomic mass is 16.5. The number of phenolic OH excluding ortho intramolecular Hbond substituents is 1. The minimum atomic E-state index is -0.277. The van der Waals surface area contributed by atoms with Gasteiger partial charge in [-0.25, -0.2) is 4.79 Å². The molecule has 1 unspecified atom stereocenters. The Morgan fingerprint density at radius 3 is 2.14 bits per heavy atom. The molecule has 0 saturated carbocycles. The van der Waals surface area contributed by atoms with Crippen LogP contribution in [-0.4, -0.2) is 17.7 Å². The van der Waals surface area contributed by atoms with Crippen LogP contribution in [0.1, 0.15) is 37.0 Å². The maximum absolute atomic E-state index is 12.0. The summed E-state index contributed by atoms with van der Waals surface area (Å²) in [7, 11) is 0. The molecule has 116 valence electrons. The number of esters is 1. The van der Waals surface area contributed by atoms with E-state index in [0.29, 0.717) is 18.1 Å². The van der Waals surface area contributed by atoms with Gasteiger partial charge in [-0.2, -0.15) is 0 Å². The summed E-state index contributed by atoms with van der Waals surface area (Å²) in [6.45, 7) is 4.75. The fraction of sp³-hybridized carbons (Fsp3) is 0.316. The molecule has 0 bridgehead atoms. The van der Waals surface area contributed by atoms with Crippen molar-refractivity contribution in [3.8, 4) is 16.9 Å². The van der Waals surface area contributed by atoms with Gasteiger partial charge in [-0.3, -0.25) is 0 Å². The molecule has 3 heteroatoms. The molecule has 0 aliphatic rings. The Bertz CT molecular complexity index is 600. The van der Waals surface area contributed by atoms with E-state index in [1.807, 2.05) is 24.3 Å². The Morgan fingerprint density at radius 2 is 1.59 bits per heavy atom. The van der Waals surface area contributed by atoms with Crippen LogP contribution in [0.4, 0.5) is 0 Å². The summed E-state index contributed by atoms with van der Waals surface area (Å²) < 4.78 is 5.29. The molecule has 1 atom stereocenters. The van der Waals surface area contributed by atoms with Crippen LogP contribution in [0, 0.1) is 5.92 Å². The van der Waals surface area contributed by atoms with E-state index in [1.54, 1.807) is 24.3 Å². The van der Waals surface area contributed by atoms with Crippen molar-refractivity contribution < 1.29 is 14.6 Å². The second-order valence-electron chi connectivity index (χ2n) is 5.56. The molecule has 3 nitrogen and oxygen atoms in total. The van der Waals surface area contributed by atoms with Gasteiger partial charge in [0, 0.05) is 0 Å². The third-order valence-corrected chi connectivity index (χ3v) is 3.86. The lowest BCUT2D eigenvalue weighted by atomic mass is 10.0. The topological polar surface area (TPSA) is 46.5 Å². The summed E-state index contributed by atoms with van der Waals surface area (Å²) in [5.74, 6) is 0.537. The van der Waals surface area contributed by atoms with Crippen LogP contribution in [-0.2, 0) is 4.74 Å². The van der Waals surface area contributed by atoms with Crippen molar-refractivity contribution in [3.63, 3.8) is 0 Å². The first-order valence-corrected chi connectivity index (χ1v) is 7.66. The zero-order chi connectivity index (χ0) is 15.9. The maximum Gasteiger partial charge on any atom is 0.338 e. The van der Waals surface area contributed by atoms with Gasteiger partial charge in [-0.15, -0.1) is 0 Å². The Hall–Kier alpha value is -2.29. The maximum atomic E-state index is 12.0. The molecule has 2 aromatic rings. The van der Waals surface area contributed by atoms with Crippen LogP contribution in [0.2, 0.25) is 0 Å². The average molecular weight is 298 g/mol. The van der Waals surface area contributed by atoms with E-state index in [9.17, 15) is 9.90 Å². The SMILES string of the molecule is CCC(C)CCOC(=O)c1ccc(-c2ccc(O)cc2)cc1. The zero-order valence-electron chi connectivity index (χ0n) is 13.1. The number of benzene rings is 2. The molecule has 0 heterocycles. The first-order valence-electron chi connectivity index (χ1n) is 7.66. The third kappa shape index (κ3) is 4.35. The fourth-order valence-corrected chi connectivity index (χ4v) is 2.09. The molecule has 0 aliphatic carbocycles. The van der Waals surface area contributed by atoms with Crippen molar-refractivity contribution in [2.75, 3.05) is 6.61 Å². The van der Waals surface area contributed by atoms with Crippen molar-refractivity contribution in [3.05, 3.63) is 54.1 Å². The summed E-state index contributed by atoms with van der Waals surface area (Å²) in [4.78, 5) is 12.0. The van der Waals surface area contributed by atoms with Gasteiger partial charge in [0.15, 0.2) is 0 Å². The van der Waals surface area contributed by atoms with E-state index in [2.05, 4.69) is 13.8 Å². The molecule has 0 aliphatic heterocycles. The van der Waals surface area contributed by atoms with Gasteiger partial charge in [-0.1, -0.05) is 44.5 Å². The Kier molecular flexibility index (Phi) is 5.59. The van der Waals surface area contributed by atoms with E-state index < -0.39 is 0 Å². The van der Waals surface area contributed by atoms with Crippen molar-refractivity contribution >= 4 is 5.97 Å². The summed E-state index contributed by atoms with van der Waals surface area (Å²) in [5.41, 5.74) is 2.55. The van der Waals surface area contributed by atoms with Crippen LogP contribution in [0.3, 0.4) is 0 Å². The number of phenols is 1. The van der Waals surface area contributed by atoms with Crippen LogP contribution in [0.25, 0.3) is 11.1 Å². The Labute approximate surface area is 131 Å². The van der Waals surface area contributed by atoms with Crippen molar-refractivity contribution in [1.29, 1.82) is 0 Å². The first-order chi connectivity index (χ1) is 10.6. The highest BCUT2D eigenvalue weighted by molar-refractivity contribution is 5.90. The Balaban J connectivity index is 1.96. The molecule has 0 aromatic heterocycles. The highest BCUT2D eigenvalue weighted by Gasteiger charge is 2.08. The molecule has 0 radical (unpaired) electrons. The lowest BCUT2D eigenvalue weighted by Gasteiger charge is -2.09.